The fourth-order valence-corrected chi connectivity index (χ4v) is 4.78. The Balaban J connectivity index is 1.68. The van der Waals surface area contributed by atoms with Crippen LogP contribution < -0.4 is 15.6 Å². The van der Waals surface area contributed by atoms with Gasteiger partial charge in [-0.15, -0.1) is 11.3 Å². The van der Waals surface area contributed by atoms with E-state index in [4.69, 9.17) is 4.74 Å². The molecule has 0 bridgehead atoms. The monoisotopic (exact) mass is 451 g/mol. The molecule has 0 radical (unpaired) electrons. The van der Waals surface area contributed by atoms with Gasteiger partial charge in [-0.1, -0.05) is 36.0 Å². The molecule has 6 nitrogen and oxygen atoms in total. The number of aryl methyl sites for hydroxylation is 1. The number of methoxy groups -OCH3 is 1. The second kappa shape index (κ2) is 8.95. The number of rotatable bonds is 6. The molecule has 0 atom stereocenters. The first kappa shape index (κ1) is 21.1. The average Bonchev–Trinajstić information content (AvgIpc) is 3.25. The molecular formula is C23H21N3O3S2. The number of nitrogens with zero attached hydrogens (tertiary/aromatic N) is 2. The van der Waals surface area contributed by atoms with Crippen LogP contribution in [-0.2, 0) is 4.79 Å². The van der Waals surface area contributed by atoms with E-state index >= 15 is 0 Å². The molecule has 31 heavy (non-hydrogen) atoms. The molecule has 0 saturated heterocycles. The van der Waals surface area contributed by atoms with E-state index in [-0.39, 0.29) is 17.2 Å². The number of carbonyl (C=O) groups is 1. The summed E-state index contributed by atoms with van der Waals surface area (Å²) in [6.07, 6.45) is 0. The molecule has 4 aromatic rings. The van der Waals surface area contributed by atoms with Gasteiger partial charge in [-0.3, -0.25) is 14.2 Å². The number of anilines is 1. The van der Waals surface area contributed by atoms with Gasteiger partial charge >= 0.3 is 0 Å². The van der Waals surface area contributed by atoms with Crippen molar-refractivity contribution in [2.45, 2.75) is 19.0 Å². The van der Waals surface area contributed by atoms with Crippen molar-refractivity contribution >= 4 is 44.9 Å². The molecule has 158 valence electrons. The third-order valence-corrected chi connectivity index (χ3v) is 6.82. The molecule has 0 aliphatic carbocycles. The SMILES string of the molecule is COc1ccccc1-n1c(SCC(=O)Nc2cccc(C)c2C)nc2ccsc2c1=O. The van der Waals surface area contributed by atoms with Crippen molar-refractivity contribution in [1.29, 1.82) is 0 Å². The summed E-state index contributed by atoms with van der Waals surface area (Å²) in [5, 5.41) is 5.23. The van der Waals surface area contributed by atoms with Gasteiger partial charge in [0.2, 0.25) is 5.91 Å². The van der Waals surface area contributed by atoms with Crippen LogP contribution in [0.5, 0.6) is 5.75 Å². The Labute approximate surface area is 187 Å². The molecule has 2 aromatic heterocycles. The van der Waals surface area contributed by atoms with Gasteiger partial charge in [0.15, 0.2) is 5.16 Å². The number of para-hydroxylation sites is 2. The number of nitrogens with one attached hydrogen (secondary N) is 1. The van der Waals surface area contributed by atoms with Crippen molar-refractivity contribution in [3.8, 4) is 11.4 Å². The zero-order valence-corrected chi connectivity index (χ0v) is 19.0. The average molecular weight is 452 g/mol. The summed E-state index contributed by atoms with van der Waals surface area (Å²) in [4.78, 5) is 30.6. The van der Waals surface area contributed by atoms with Crippen LogP contribution in [0.3, 0.4) is 0 Å². The van der Waals surface area contributed by atoms with Crippen LogP contribution in [0.2, 0.25) is 0 Å². The van der Waals surface area contributed by atoms with E-state index in [9.17, 15) is 9.59 Å². The van der Waals surface area contributed by atoms with E-state index in [2.05, 4.69) is 10.3 Å². The van der Waals surface area contributed by atoms with Crippen molar-refractivity contribution < 1.29 is 9.53 Å². The highest BCUT2D eigenvalue weighted by Gasteiger charge is 2.18. The molecule has 0 fully saturated rings. The maximum atomic E-state index is 13.3. The lowest BCUT2D eigenvalue weighted by Crippen LogP contribution is -2.22. The first-order valence-corrected chi connectivity index (χ1v) is 11.5. The lowest BCUT2D eigenvalue weighted by atomic mass is 10.1. The van der Waals surface area contributed by atoms with Crippen molar-refractivity contribution in [2.24, 2.45) is 0 Å². The van der Waals surface area contributed by atoms with E-state index in [0.717, 1.165) is 16.8 Å². The number of carbonyl (C=O) groups excluding carboxylic acids is 1. The summed E-state index contributed by atoms with van der Waals surface area (Å²) in [6.45, 7) is 3.98. The Morgan fingerprint density at radius 2 is 1.97 bits per heavy atom. The Bertz CT molecular complexity index is 1330. The molecular weight excluding hydrogens is 430 g/mol. The second-order valence-electron chi connectivity index (χ2n) is 6.93. The topological polar surface area (TPSA) is 73.2 Å². The standard InChI is InChI=1S/C23H21N3O3S2/c1-14-7-6-8-16(15(14)2)24-20(27)13-31-23-25-17-11-12-30-21(17)22(28)26(23)18-9-4-5-10-19(18)29-3/h4-12H,13H2,1-3H3,(H,24,27). The second-order valence-corrected chi connectivity index (χ2v) is 8.78. The van der Waals surface area contributed by atoms with E-state index < -0.39 is 0 Å². The summed E-state index contributed by atoms with van der Waals surface area (Å²) < 4.78 is 7.55. The number of ether oxygens (including phenoxy) is 1. The smallest absolute Gasteiger partial charge is 0.276 e. The Morgan fingerprint density at radius 3 is 2.77 bits per heavy atom. The quantitative estimate of drug-likeness (QED) is 0.337. The van der Waals surface area contributed by atoms with E-state index in [0.29, 0.717) is 26.8 Å². The number of thioether (sulfide) groups is 1. The highest BCUT2D eigenvalue weighted by molar-refractivity contribution is 7.99. The van der Waals surface area contributed by atoms with E-state index in [1.165, 1.54) is 27.7 Å². The molecule has 2 aromatic carbocycles. The van der Waals surface area contributed by atoms with Gasteiger partial charge in [0.1, 0.15) is 10.4 Å². The molecule has 8 heteroatoms. The van der Waals surface area contributed by atoms with Gasteiger partial charge in [0, 0.05) is 5.69 Å². The van der Waals surface area contributed by atoms with Gasteiger partial charge in [-0.2, -0.15) is 0 Å². The summed E-state index contributed by atoms with van der Waals surface area (Å²) in [7, 11) is 1.56. The molecule has 1 N–H and O–H groups in total. The number of hydrogen-bond acceptors (Lipinski definition) is 6. The summed E-state index contributed by atoms with van der Waals surface area (Å²) in [6, 6.07) is 14.9. The Kier molecular flexibility index (Phi) is 6.11. The maximum absolute atomic E-state index is 13.3. The van der Waals surface area contributed by atoms with Crippen LogP contribution in [0.25, 0.3) is 15.9 Å². The normalized spacial score (nSPS) is 10.9. The van der Waals surface area contributed by atoms with Crippen LogP contribution >= 0.6 is 23.1 Å². The molecule has 0 unspecified atom stereocenters. The molecule has 0 spiro atoms. The maximum Gasteiger partial charge on any atom is 0.276 e. The van der Waals surface area contributed by atoms with Crippen molar-refractivity contribution in [3.63, 3.8) is 0 Å². The number of hydrogen-bond donors (Lipinski definition) is 1. The van der Waals surface area contributed by atoms with Gasteiger partial charge in [-0.05, 0) is 54.6 Å². The molecule has 2 heterocycles. The fourth-order valence-electron chi connectivity index (χ4n) is 3.22. The zero-order valence-electron chi connectivity index (χ0n) is 17.3. The molecule has 0 saturated carbocycles. The molecule has 1 amide bonds. The number of thiophene rings is 1. The fraction of sp³-hybridized carbons (Fsp3) is 0.174. The zero-order chi connectivity index (χ0) is 22.0. The number of amides is 1. The summed E-state index contributed by atoms with van der Waals surface area (Å²) in [5.41, 5.74) is 3.97. The number of fused-ring (bicyclic) bond motifs is 1. The minimum absolute atomic E-state index is 0.116. The van der Waals surface area contributed by atoms with Crippen LogP contribution in [-0.4, -0.2) is 28.3 Å². The highest BCUT2D eigenvalue weighted by atomic mass is 32.2. The van der Waals surface area contributed by atoms with Crippen molar-refractivity contribution in [2.75, 3.05) is 18.2 Å². The minimum atomic E-state index is -0.179. The highest BCUT2D eigenvalue weighted by Crippen LogP contribution is 2.28. The summed E-state index contributed by atoms with van der Waals surface area (Å²) >= 11 is 2.57. The van der Waals surface area contributed by atoms with Gasteiger partial charge in [-0.25, -0.2) is 4.98 Å². The first-order valence-electron chi connectivity index (χ1n) is 9.62. The van der Waals surface area contributed by atoms with Crippen LogP contribution in [0.1, 0.15) is 11.1 Å². The Morgan fingerprint density at radius 1 is 1.16 bits per heavy atom. The number of benzene rings is 2. The van der Waals surface area contributed by atoms with Gasteiger partial charge in [0.25, 0.3) is 5.56 Å². The summed E-state index contributed by atoms with van der Waals surface area (Å²) in [5.74, 6) is 0.513. The van der Waals surface area contributed by atoms with Crippen LogP contribution in [0.15, 0.2) is 63.9 Å². The molecule has 0 aliphatic rings. The van der Waals surface area contributed by atoms with E-state index in [1.807, 2.05) is 61.7 Å². The number of aromatic nitrogens is 2. The molecule has 0 aliphatic heterocycles. The van der Waals surface area contributed by atoms with E-state index in [1.54, 1.807) is 13.2 Å². The third kappa shape index (κ3) is 4.22. The largest absolute Gasteiger partial charge is 0.495 e. The van der Waals surface area contributed by atoms with Gasteiger partial charge < -0.3 is 10.1 Å². The van der Waals surface area contributed by atoms with Gasteiger partial charge in [0.05, 0.1) is 24.1 Å². The predicted molar refractivity (Wildman–Crippen MR) is 127 cm³/mol. The van der Waals surface area contributed by atoms with Crippen LogP contribution in [0, 0.1) is 13.8 Å². The minimum Gasteiger partial charge on any atom is -0.495 e. The first-order chi connectivity index (χ1) is 15.0. The lowest BCUT2D eigenvalue weighted by molar-refractivity contribution is -0.113. The van der Waals surface area contributed by atoms with Crippen LogP contribution in [0.4, 0.5) is 5.69 Å². The van der Waals surface area contributed by atoms with Crippen molar-refractivity contribution in [3.05, 3.63) is 75.4 Å². The lowest BCUT2D eigenvalue weighted by Gasteiger charge is -2.15. The molecule has 4 rings (SSSR count). The Hall–Kier alpha value is -3.10. The predicted octanol–water partition coefficient (Wildman–Crippen LogP) is 4.80. The third-order valence-electron chi connectivity index (χ3n) is 4.99. The van der Waals surface area contributed by atoms with Crippen molar-refractivity contribution in [1.82, 2.24) is 9.55 Å².